The molecule has 1 aromatic rings. The van der Waals surface area contributed by atoms with E-state index >= 15 is 0 Å². The molecule has 0 aromatic carbocycles. The van der Waals surface area contributed by atoms with Gasteiger partial charge < -0.3 is 24.8 Å². The number of piperazine rings is 1. The molecule has 2 aliphatic heterocycles. The minimum Gasteiger partial charge on any atom is -0.376 e. The second-order valence-corrected chi connectivity index (χ2v) is 7.80. The van der Waals surface area contributed by atoms with E-state index in [2.05, 4.69) is 37.6 Å². The van der Waals surface area contributed by atoms with Gasteiger partial charge in [-0.1, -0.05) is 0 Å². The highest BCUT2D eigenvalue weighted by molar-refractivity contribution is 14.0. The lowest BCUT2D eigenvalue weighted by atomic mass is 10.2. The van der Waals surface area contributed by atoms with Crippen LogP contribution in [-0.4, -0.2) is 87.7 Å². The van der Waals surface area contributed by atoms with Gasteiger partial charge in [0.1, 0.15) is 6.54 Å². The highest BCUT2D eigenvalue weighted by Gasteiger charge is 2.22. The van der Waals surface area contributed by atoms with Gasteiger partial charge >= 0.3 is 0 Å². The van der Waals surface area contributed by atoms with E-state index in [4.69, 9.17) is 4.74 Å². The van der Waals surface area contributed by atoms with Crippen LogP contribution in [-0.2, 0) is 9.53 Å². The predicted octanol–water partition coefficient (Wildman–Crippen LogP) is 1.70. The minimum absolute atomic E-state index is 0. The third-order valence-corrected chi connectivity index (χ3v) is 5.70. The summed E-state index contributed by atoms with van der Waals surface area (Å²) in [5.74, 6) is 0.833. The molecule has 1 unspecified atom stereocenters. The summed E-state index contributed by atoms with van der Waals surface area (Å²) in [6.45, 7) is 5.48. The number of hydrogen-bond acceptors (Lipinski definition) is 5. The summed E-state index contributed by atoms with van der Waals surface area (Å²) >= 11 is 1.78. The molecule has 9 heteroatoms. The van der Waals surface area contributed by atoms with E-state index in [0.717, 1.165) is 58.1 Å². The molecular formula is C18H30IN5O2S. The predicted molar refractivity (Wildman–Crippen MR) is 121 cm³/mol. The normalized spacial score (nSPS) is 20.4. The number of ether oxygens (including phenoxy) is 1. The van der Waals surface area contributed by atoms with E-state index in [1.165, 1.54) is 5.00 Å². The van der Waals surface area contributed by atoms with Crippen LogP contribution in [0.5, 0.6) is 0 Å². The zero-order valence-corrected chi connectivity index (χ0v) is 19.2. The molecule has 0 bridgehead atoms. The molecule has 2 saturated heterocycles. The fourth-order valence-electron chi connectivity index (χ4n) is 3.15. The standard InChI is InChI=1S/C18H29N5O2S.HI/c1-21(2)16(24)14-20-18(19-13-15-5-3-11-25-15)23-9-7-22(8-10-23)17-6-4-12-26-17;/h4,6,12,15H,3,5,7-11,13-14H2,1-2H3,(H,19,20);1H. The summed E-state index contributed by atoms with van der Waals surface area (Å²) in [4.78, 5) is 22.8. The molecule has 1 N–H and O–H groups in total. The van der Waals surface area contributed by atoms with Gasteiger partial charge in [-0.05, 0) is 30.4 Å². The van der Waals surface area contributed by atoms with E-state index in [0.29, 0.717) is 0 Å². The molecule has 1 amide bonds. The Morgan fingerprint density at radius 1 is 1.37 bits per heavy atom. The van der Waals surface area contributed by atoms with Crippen molar-refractivity contribution >= 4 is 52.2 Å². The van der Waals surface area contributed by atoms with E-state index in [9.17, 15) is 4.79 Å². The molecule has 152 valence electrons. The van der Waals surface area contributed by atoms with Gasteiger partial charge in [-0.2, -0.15) is 0 Å². The number of aliphatic imine (C=N–C) groups is 1. The number of thiophene rings is 1. The monoisotopic (exact) mass is 507 g/mol. The van der Waals surface area contributed by atoms with Crippen LogP contribution in [0.25, 0.3) is 0 Å². The zero-order chi connectivity index (χ0) is 18.4. The Morgan fingerprint density at radius 2 is 2.15 bits per heavy atom. The molecule has 7 nitrogen and oxygen atoms in total. The maximum atomic E-state index is 11.9. The maximum Gasteiger partial charge on any atom is 0.243 e. The van der Waals surface area contributed by atoms with Gasteiger partial charge in [0.25, 0.3) is 0 Å². The van der Waals surface area contributed by atoms with Crippen LogP contribution < -0.4 is 10.2 Å². The number of nitrogens with zero attached hydrogens (tertiary/aromatic N) is 4. The van der Waals surface area contributed by atoms with Crippen molar-refractivity contribution in [3.63, 3.8) is 0 Å². The van der Waals surface area contributed by atoms with E-state index < -0.39 is 0 Å². The Kier molecular flexibility index (Phi) is 9.10. The highest BCUT2D eigenvalue weighted by Crippen LogP contribution is 2.22. The van der Waals surface area contributed by atoms with Gasteiger partial charge in [-0.25, -0.2) is 4.99 Å². The van der Waals surface area contributed by atoms with Crippen molar-refractivity contribution in [2.24, 2.45) is 4.99 Å². The maximum absolute atomic E-state index is 11.9. The summed E-state index contributed by atoms with van der Waals surface area (Å²) in [6, 6.07) is 4.26. The molecule has 27 heavy (non-hydrogen) atoms. The van der Waals surface area contributed by atoms with Gasteiger partial charge in [0, 0.05) is 53.4 Å². The molecule has 3 heterocycles. The average Bonchev–Trinajstić information content (AvgIpc) is 3.35. The number of hydrogen-bond donors (Lipinski definition) is 1. The SMILES string of the molecule is CN(C)C(=O)CN=C(NCC1CCCO1)N1CCN(c2cccs2)CC1.I. The number of carbonyl (C=O) groups is 1. The minimum atomic E-state index is 0. The van der Waals surface area contributed by atoms with Gasteiger partial charge in [0.2, 0.25) is 5.91 Å². The topological polar surface area (TPSA) is 60.4 Å². The summed E-state index contributed by atoms with van der Waals surface area (Å²) in [5, 5.41) is 6.87. The molecule has 0 radical (unpaired) electrons. The number of guanidine groups is 1. The molecular weight excluding hydrogens is 477 g/mol. The van der Waals surface area contributed by atoms with E-state index in [1.807, 2.05) is 0 Å². The largest absolute Gasteiger partial charge is 0.376 e. The number of carbonyl (C=O) groups excluding carboxylic acids is 1. The number of likely N-dealkylation sites (N-methyl/N-ethyl adjacent to an activating group) is 1. The summed E-state index contributed by atoms with van der Waals surface area (Å²) in [5.41, 5.74) is 0. The first-order chi connectivity index (χ1) is 12.6. The summed E-state index contributed by atoms with van der Waals surface area (Å²) in [7, 11) is 3.52. The Labute approximate surface area is 182 Å². The fourth-order valence-corrected chi connectivity index (χ4v) is 3.94. The molecule has 1 aromatic heterocycles. The number of nitrogens with one attached hydrogen (secondary N) is 1. The molecule has 0 spiro atoms. The first kappa shape index (κ1) is 22.2. The lowest BCUT2D eigenvalue weighted by Gasteiger charge is -2.37. The van der Waals surface area contributed by atoms with Crippen LogP contribution in [0.2, 0.25) is 0 Å². The summed E-state index contributed by atoms with van der Waals surface area (Å²) < 4.78 is 5.70. The number of anilines is 1. The second kappa shape index (κ2) is 11.1. The highest BCUT2D eigenvalue weighted by atomic mass is 127. The first-order valence-corrected chi connectivity index (χ1v) is 10.1. The molecule has 0 saturated carbocycles. The van der Waals surface area contributed by atoms with Crippen LogP contribution in [0.15, 0.2) is 22.5 Å². The van der Waals surface area contributed by atoms with Crippen molar-refractivity contribution in [3.05, 3.63) is 17.5 Å². The van der Waals surface area contributed by atoms with Gasteiger partial charge in [-0.15, -0.1) is 35.3 Å². The van der Waals surface area contributed by atoms with Gasteiger partial charge in [0.05, 0.1) is 11.1 Å². The first-order valence-electron chi connectivity index (χ1n) is 9.27. The van der Waals surface area contributed by atoms with Gasteiger partial charge in [0.15, 0.2) is 5.96 Å². The lowest BCUT2D eigenvalue weighted by Crippen LogP contribution is -2.53. The quantitative estimate of drug-likeness (QED) is 0.374. The number of rotatable bonds is 5. The second-order valence-electron chi connectivity index (χ2n) is 6.87. The number of amides is 1. The third kappa shape index (κ3) is 6.49. The molecule has 2 fully saturated rings. The fraction of sp³-hybridized carbons (Fsp3) is 0.667. The van der Waals surface area contributed by atoms with Crippen LogP contribution in [0.1, 0.15) is 12.8 Å². The van der Waals surface area contributed by atoms with Crippen LogP contribution in [0.4, 0.5) is 5.00 Å². The van der Waals surface area contributed by atoms with E-state index in [1.54, 1.807) is 30.3 Å². The Morgan fingerprint density at radius 3 is 2.74 bits per heavy atom. The van der Waals surface area contributed by atoms with E-state index in [-0.39, 0.29) is 42.5 Å². The third-order valence-electron chi connectivity index (χ3n) is 4.77. The molecule has 0 aliphatic carbocycles. The Bertz CT molecular complexity index is 597. The summed E-state index contributed by atoms with van der Waals surface area (Å²) in [6.07, 6.45) is 2.46. The van der Waals surface area contributed by atoms with Crippen molar-refractivity contribution in [2.75, 3.05) is 64.9 Å². The van der Waals surface area contributed by atoms with Crippen molar-refractivity contribution < 1.29 is 9.53 Å². The Hall–Kier alpha value is -1.07. The van der Waals surface area contributed by atoms with Crippen molar-refractivity contribution in [2.45, 2.75) is 18.9 Å². The van der Waals surface area contributed by atoms with Crippen LogP contribution >= 0.6 is 35.3 Å². The Balaban J connectivity index is 0.00000261. The average molecular weight is 507 g/mol. The number of halogens is 1. The lowest BCUT2D eigenvalue weighted by molar-refractivity contribution is -0.127. The molecule has 3 rings (SSSR count). The van der Waals surface area contributed by atoms with Crippen molar-refractivity contribution in [1.82, 2.24) is 15.1 Å². The van der Waals surface area contributed by atoms with Crippen molar-refractivity contribution in [3.8, 4) is 0 Å². The smallest absolute Gasteiger partial charge is 0.243 e. The zero-order valence-electron chi connectivity index (χ0n) is 16.1. The van der Waals surface area contributed by atoms with Gasteiger partial charge in [-0.3, -0.25) is 4.79 Å². The molecule has 1 atom stereocenters. The van der Waals surface area contributed by atoms with Crippen LogP contribution in [0.3, 0.4) is 0 Å². The molecule has 2 aliphatic rings. The van der Waals surface area contributed by atoms with Crippen LogP contribution in [0, 0.1) is 0 Å². The van der Waals surface area contributed by atoms with Crippen molar-refractivity contribution in [1.29, 1.82) is 0 Å².